The predicted octanol–water partition coefficient (Wildman–Crippen LogP) is 7.54. The molecule has 0 aliphatic carbocycles. The Morgan fingerprint density at radius 3 is 1.15 bits per heavy atom. The van der Waals surface area contributed by atoms with Crippen LogP contribution in [0.3, 0.4) is 0 Å². The third-order valence-corrected chi connectivity index (χ3v) is 22.4. The fraction of sp³-hybridized carbons (Fsp3) is 0.552. The summed E-state index contributed by atoms with van der Waals surface area (Å²) in [6, 6.07) is 32.2. The van der Waals surface area contributed by atoms with Crippen molar-refractivity contribution in [3.8, 4) is 0 Å². The molecule has 0 radical (unpaired) electrons. The molecule has 4 aromatic rings. The lowest BCUT2D eigenvalue weighted by Crippen LogP contribution is -2.69. The second-order valence-electron chi connectivity index (χ2n) is 25.1. The molecular weight excluding hydrogens is 1220 g/mol. The van der Waals surface area contributed by atoms with E-state index in [0.29, 0.717) is 0 Å². The number of hydrogen-bond acceptors (Lipinski definition) is 24. The van der Waals surface area contributed by atoms with Crippen LogP contribution < -0.4 is 0 Å². The highest BCUT2D eigenvalue weighted by atomic mass is 28.4. The van der Waals surface area contributed by atoms with Gasteiger partial charge in [0.15, 0.2) is 76.4 Å². The van der Waals surface area contributed by atoms with E-state index in [-0.39, 0.29) is 35.5 Å². The first-order valence-electron chi connectivity index (χ1n) is 30.9. The van der Waals surface area contributed by atoms with Crippen molar-refractivity contribution in [3.63, 3.8) is 0 Å². The zero-order valence-electron chi connectivity index (χ0n) is 53.5. The molecule has 0 aromatic heterocycles. The van der Waals surface area contributed by atoms with E-state index >= 15 is 0 Å². The highest BCUT2D eigenvalue weighted by molar-refractivity contribution is 6.74. The molecule has 498 valence electrons. The molecule has 10 rings (SSSR count). The topological polar surface area (TPSA) is 269 Å². The molecular formula is C67H82O24Si. The van der Waals surface area contributed by atoms with Crippen LogP contribution >= 0.6 is 0 Å². The van der Waals surface area contributed by atoms with Gasteiger partial charge in [-0.05, 0) is 87.4 Å². The van der Waals surface area contributed by atoms with E-state index in [9.17, 15) is 28.8 Å². The van der Waals surface area contributed by atoms with Gasteiger partial charge in [-0.2, -0.15) is 0 Å². The Balaban J connectivity index is 1.07. The van der Waals surface area contributed by atoms with E-state index in [1.807, 2.05) is 47.7 Å². The molecule has 6 heterocycles. The molecule has 25 heteroatoms. The molecule has 24 nitrogen and oxygen atoms in total. The third-order valence-electron chi connectivity index (χ3n) is 18.0. The fourth-order valence-corrected chi connectivity index (χ4v) is 13.0. The van der Waals surface area contributed by atoms with Gasteiger partial charge in [-0.3, -0.25) is 0 Å². The van der Waals surface area contributed by atoms with Crippen LogP contribution in [0.1, 0.15) is 96.8 Å². The number of rotatable bonds is 18. The number of carbonyl (C=O) groups excluding carboxylic acids is 6. The fourth-order valence-electron chi connectivity index (χ4n) is 11.7. The lowest BCUT2D eigenvalue weighted by atomic mass is 9.87. The molecule has 6 aliphatic heterocycles. The maximum Gasteiger partial charge on any atom is 0.338 e. The zero-order valence-corrected chi connectivity index (χ0v) is 54.5. The van der Waals surface area contributed by atoms with E-state index in [4.69, 9.17) is 85.0 Å². The van der Waals surface area contributed by atoms with Gasteiger partial charge >= 0.3 is 35.8 Å². The highest BCUT2D eigenvalue weighted by Crippen LogP contribution is 2.45. The van der Waals surface area contributed by atoms with E-state index in [1.165, 1.54) is 48.5 Å². The van der Waals surface area contributed by atoms with Crippen LogP contribution in [-0.2, 0) is 94.5 Å². The van der Waals surface area contributed by atoms with Gasteiger partial charge in [0.25, 0.3) is 0 Å². The van der Waals surface area contributed by atoms with Crippen molar-refractivity contribution in [1.82, 2.24) is 0 Å². The molecule has 4 aromatic carbocycles. The second kappa shape index (κ2) is 29.4. The summed E-state index contributed by atoms with van der Waals surface area (Å²) in [5.74, 6) is -7.02. The van der Waals surface area contributed by atoms with Gasteiger partial charge in [0.2, 0.25) is 0 Å². The average Bonchev–Trinajstić information content (AvgIpc) is 0.763. The van der Waals surface area contributed by atoms with Crippen molar-refractivity contribution in [3.05, 3.63) is 144 Å². The summed E-state index contributed by atoms with van der Waals surface area (Å²) < 4.78 is 116. The first kappa shape index (κ1) is 68.3. The summed E-state index contributed by atoms with van der Waals surface area (Å²) in [6.07, 6.45) is -26.5. The van der Waals surface area contributed by atoms with Crippen LogP contribution in [-0.4, -0.2) is 195 Å². The number of esters is 6. The van der Waals surface area contributed by atoms with Gasteiger partial charge in [0.05, 0.1) is 68.0 Å². The molecule has 6 aliphatic rings. The Labute approximate surface area is 535 Å². The number of fused-ring (bicyclic) bond motifs is 2. The summed E-state index contributed by atoms with van der Waals surface area (Å²) in [4.78, 5) is 87.4. The molecule has 6 fully saturated rings. The summed E-state index contributed by atoms with van der Waals surface area (Å²) in [6.45, 7) is 18.6. The number of benzene rings is 4. The predicted molar refractivity (Wildman–Crippen MR) is 323 cm³/mol. The van der Waals surface area contributed by atoms with E-state index in [0.717, 1.165) is 14.2 Å². The van der Waals surface area contributed by atoms with Gasteiger partial charge in [0.1, 0.15) is 36.6 Å². The number of ether oxygens (including phenoxy) is 17. The first-order chi connectivity index (χ1) is 43.9. The van der Waals surface area contributed by atoms with Gasteiger partial charge in [0, 0.05) is 11.8 Å². The Kier molecular flexibility index (Phi) is 21.8. The average molecular weight is 1300 g/mol. The zero-order chi connectivity index (χ0) is 65.8. The SMILES string of the molecule is COC(=O)C1O[C@@H](O[C@@H]2C(C)[C@H](C)OC3COC(C)O[C@@H]32)C(OC(=O)c2ccccc2)[C@@H](OC(=O)c2ccccc2)[C@@H]1O[C@@H]1OC2COC(C)O[C@@H]2[C@H](O[C@@H]2OC(C(=O)OC)[C@@H](O[Si](C)(C)C(C)(C)C)[C@H](OC(=O)c3ccccc3)C2OC(=O)c2ccccc2)C1C. The quantitative estimate of drug-likeness (QED) is 0.0529. The lowest BCUT2D eigenvalue weighted by molar-refractivity contribution is -0.396. The largest absolute Gasteiger partial charge is 0.467 e. The maximum absolute atomic E-state index is 14.7. The Bertz CT molecular complexity index is 3150. The normalized spacial score (nSPS) is 34.7. The smallest absolute Gasteiger partial charge is 0.338 e. The van der Waals surface area contributed by atoms with Crippen molar-refractivity contribution < 1.29 is 114 Å². The standard InChI is InChI=1S/C67H82O24Si/c1-35-37(3)78-44-33-76-38(4)79-48(44)46(35)86-65-56(84-60(70)42-29-21-15-22-30-42)51(82-58(68)40-25-17-13-18-26-40)50(54(89-65)62(72)74-9)88-64-36(2)47(49-45(81-64)34-77-39(5)80-49)87-66-57(85-61(71)43-31-23-16-24-32-43)52(83-59(69)41-27-19-14-20-28-41)53(55(90-66)63(73)75-10)91-92(11,12)67(6,7)8/h13-32,35-39,44-57,64-66H,33-34H2,1-12H3/t35?,36?,37-,38?,39?,44?,45?,46+,47+,48-,49-,50-,51-,52-,53-,54?,55?,56?,57?,64-,65+,66+/m0/s1. The molecule has 10 unspecified atom stereocenters. The van der Waals surface area contributed by atoms with Crippen LogP contribution in [0, 0.1) is 11.8 Å². The van der Waals surface area contributed by atoms with Crippen LogP contribution in [0.25, 0.3) is 0 Å². The summed E-state index contributed by atoms with van der Waals surface area (Å²) in [5.41, 5.74) is 0.410. The van der Waals surface area contributed by atoms with E-state index in [2.05, 4.69) is 0 Å². The summed E-state index contributed by atoms with van der Waals surface area (Å²) in [5, 5.41) is -0.499. The monoisotopic (exact) mass is 1300 g/mol. The lowest BCUT2D eigenvalue weighted by Gasteiger charge is -2.53. The van der Waals surface area contributed by atoms with Crippen molar-refractivity contribution in [2.75, 3.05) is 27.4 Å². The van der Waals surface area contributed by atoms with Gasteiger partial charge in [-0.15, -0.1) is 0 Å². The van der Waals surface area contributed by atoms with Crippen LogP contribution in [0.4, 0.5) is 0 Å². The second-order valence-corrected chi connectivity index (χ2v) is 29.9. The number of carbonyl (C=O) groups is 6. The molecule has 22 atom stereocenters. The summed E-state index contributed by atoms with van der Waals surface area (Å²) in [7, 11) is -0.718. The van der Waals surface area contributed by atoms with Crippen molar-refractivity contribution in [2.24, 2.45) is 11.8 Å². The Hall–Kier alpha value is -6.56. The minimum absolute atomic E-state index is 0.0754. The van der Waals surface area contributed by atoms with Crippen molar-refractivity contribution >= 4 is 44.1 Å². The van der Waals surface area contributed by atoms with Crippen molar-refractivity contribution in [2.45, 2.75) is 197 Å². The minimum atomic E-state index is -3.00. The van der Waals surface area contributed by atoms with Gasteiger partial charge < -0.3 is 85.0 Å². The molecule has 0 spiro atoms. The number of hydrogen-bond donors (Lipinski definition) is 0. The van der Waals surface area contributed by atoms with Gasteiger partial charge in [-0.25, -0.2) is 28.8 Å². The first-order valence-corrected chi connectivity index (χ1v) is 33.9. The molecule has 0 bridgehead atoms. The number of methoxy groups -OCH3 is 2. The third kappa shape index (κ3) is 15.2. The molecule has 92 heavy (non-hydrogen) atoms. The van der Waals surface area contributed by atoms with Crippen molar-refractivity contribution in [1.29, 1.82) is 0 Å². The van der Waals surface area contributed by atoms with Crippen LogP contribution in [0.2, 0.25) is 18.1 Å². The maximum atomic E-state index is 14.7. The van der Waals surface area contributed by atoms with Gasteiger partial charge in [-0.1, -0.05) is 107 Å². The summed E-state index contributed by atoms with van der Waals surface area (Å²) >= 11 is 0. The van der Waals surface area contributed by atoms with Crippen LogP contribution in [0.15, 0.2) is 121 Å². The molecule has 6 saturated heterocycles. The highest BCUT2D eigenvalue weighted by Gasteiger charge is 2.62. The Morgan fingerprint density at radius 2 is 0.761 bits per heavy atom. The molecule has 0 amide bonds. The molecule has 0 N–H and O–H groups in total. The van der Waals surface area contributed by atoms with E-state index < -0.39 is 184 Å². The minimum Gasteiger partial charge on any atom is -0.467 e. The molecule has 0 saturated carbocycles. The Morgan fingerprint density at radius 1 is 0.413 bits per heavy atom. The van der Waals surface area contributed by atoms with E-state index in [1.54, 1.807) is 93.6 Å². The van der Waals surface area contributed by atoms with Crippen LogP contribution in [0.5, 0.6) is 0 Å².